The average Bonchev–Trinajstić information content (AvgIpc) is 2.78. The van der Waals surface area contributed by atoms with E-state index in [1.807, 2.05) is 0 Å². The standard InChI is InChI=1S/C15H18N2O3/c1-16-8-7-15-6-2-3-12(16)14(15)20-13-5-4-10(17(18)19)9-11(13)15/h4-5,9,12,14H,2-3,6-8H2,1H3/t12?,14-,15-/m1/s1. The van der Waals surface area contributed by atoms with Crippen LogP contribution in [0.3, 0.4) is 0 Å². The maximum Gasteiger partial charge on any atom is 0.269 e. The normalized spacial score (nSPS) is 35.0. The summed E-state index contributed by atoms with van der Waals surface area (Å²) < 4.78 is 6.21. The number of likely N-dealkylation sites (tertiary alicyclic amines) is 1. The molecular formula is C15H18N2O3. The van der Waals surface area contributed by atoms with Crippen LogP contribution in [0.5, 0.6) is 5.75 Å². The molecule has 5 heteroatoms. The molecule has 5 nitrogen and oxygen atoms in total. The topological polar surface area (TPSA) is 55.6 Å². The van der Waals surface area contributed by atoms with Gasteiger partial charge in [-0.2, -0.15) is 0 Å². The number of piperidine rings is 1. The van der Waals surface area contributed by atoms with Crippen molar-refractivity contribution < 1.29 is 9.66 Å². The molecule has 4 rings (SSSR count). The van der Waals surface area contributed by atoms with E-state index in [1.54, 1.807) is 18.2 Å². The minimum Gasteiger partial charge on any atom is -0.488 e. The van der Waals surface area contributed by atoms with Gasteiger partial charge in [0.1, 0.15) is 11.9 Å². The zero-order valence-corrected chi connectivity index (χ0v) is 11.5. The number of hydrogen-bond donors (Lipinski definition) is 0. The Hall–Kier alpha value is -1.62. The number of nitrogens with zero attached hydrogens (tertiary/aromatic N) is 2. The highest BCUT2D eigenvalue weighted by molar-refractivity contribution is 5.52. The second-order valence-electron chi connectivity index (χ2n) is 6.32. The maximum absolute atomic E-state index is 11.0. The van der Waals surface area contributed by atoms with Gasteiger partial charge in [-0.1, -0.05) is 6.42 Å². The van der Waals surface area contributed by atoms with Crippen LogP contribution in [-0.4, -0.2) is 35.6 Å². The monoisotopic (exact) mass is 274 g/mol. The molecule has 3 atom stereocenters. The molecule has 2 heterocycles. The van der Waals surface area contributed by atoms with Crippen LogP contribution in [0.2, 0.25) is 0 Å². The van der Waals surface area contributed by atoms with Crippen molar-refractivity contribution in [3.05, 3.63) is 33.9 Å². The minimum atomic E-state index is -0.306. The summed E-state index contributed by atoms with van der Waals surface area (Å²) in [5, 5.41) is 11.0. The smallest absolute Gasteiger partial charge is 0.269 e. The highest BCUT2D eigenvalue weighted by Crippen LogP contribution is 2.55. The largest absolute Gasteiger partial charge is 0.488 e. The molecule has 1 unspecified atom stereocenters. The van der Waals surface area contributed by atoms with Crippen molar-refractivity contribution in [2.45, 2.75) is 43.2 Å². The summed E-state index contributed by atoms with van der Waals surface area (Å²) in [6.45, 7) is 1.05. The van der Waals surface area contributed by atoms with Crippen molar-refractivity contribution in [1.82, 2.24) is 4.90 Å². The predicted octanol–water partition coefficient (Wildman–Crippen LogP) is 2.48. The fourth-order valence-electron chi connectivity index (χ4n) is 4.42. The molecule has 1 saturated carbocycles. The number of rotatable bonds is 1. The first-order chi connectivity index (χ1) is 9.62. The van der Waals surface area contributed by atoms with E-state index in [1.165, 1.54) is 12.8 Å². The van der Waals surface area contributed by atoms with E-state index in [0.717, 1.165) is 30.7 Å². The van der Waals surface area contributed by atoms with E-state index in [4.69, 9.17) is 4.74 Å². The Kier molecular flexibility index (Phi) is 2.40. The van der Waals surface area contributed by atoms with Crippen LogP contribution in [-0.2, 0) is 5.41 Å². The molecule has 20 heavy (non-hydrogen) atoms. The van der Waals surface area contributed by atoms with E-state index in [0.29, 0.717) is 6.04 Å². The van der Waals surface area contributed by atoms with Crippen molar-refractivity contribution in [1.29, 1.82) is 0 Å². The zero-order valence-electron chi connectivity index (χ0n) is 11.5. The van der Waals surface area contributed by atoms with E-state index < -0.39 is 0 Å². The molecule has 0 spiro atoms. The van der Waals surface area contributed by atoms with Crippen molar-refractivity contribution >= 4 is 5.69 Å². The van der Waals surface area contributed by atoms with Crippen LogP contribution in [0.4, 0.5) is 5.69 Å². The first-order valence-electron chi connectivity index (χ1n) is 7.28. The first-order valence-corrected chi connectivity index (χ1v) is 7.28. The fraction of sp³-hybridized carbons (Fsp3) is 0.600. The summed E-state index contributed by atoms with van der Waals surface area (Å²) >= 11 is 0. The Balaban J connectivity index is 1.84. The molecule has 3 aliphatic rings. The highest BCUT2D eigenvalue weighted by atomic mass is 16.6. The van der Waals surface area contributed by atoms with Crippen LogP contribution in [0, 0.1) is 10.1 Å². The molecule has 0 amide bonds. The Morgan fingerprint density at radius 2 is 2.30 bits per heavy atom. The van der Waals surface area contributed by atoms with Crippen molar-refractivity contribution in [3.63, 3.8) is 0 Å². The van der Waals surface area contributed by atoms with Gasteiger partial charge in [-0.15, -0.1) is 0 Å². The van der Waals surface area contributed by atoms with Gasteiger partial charge in [0.15, 0.2) is 0 Å². The maximum atomic E-state index is 11.0. The summed E-state index contributed by atoms with van der Waals surface area (Å²) in [4.78, 5) is 13.1. The van der Waals surface area contributed by atoms with Gasteiger partial charge >= 0.3 is 0 Å². The Labute approximate surface area is 117 Å². The number of nitro benzene ring substituents is 1. The van der Waals surface area contributed by atoms with E-state index in [-0.39, 0.29) is 22.1 Å². The van der Waals surface area contributed by atoms with Crippen LogP contribution in [0.1, 0.15) is 31.2 Å². The SMILES string of the molecule is CN1CC[C@@]23CCCC1[C@H]2Oc1ccc([N+](=O)[O-])cc13. The average molecular weight is 274 g/mol. The number of nitro groups is 1. The summed E-state index contributed by atoms with van der Waals surface area (Å²) in [7, 11) is 2.16. The number of benzene rings is 1. The summed E-state index contributed by atoms with van der Waals surface area (Å²) in [5.74, 6) is 0.864. The van der Waals surface area contributed by atoms with Crippen molar-refractivity contribution in [3.8, 4) is 5.75 Å². The Morgan fingerprint density at radius 3 is 3.10 bits per heavy atom. The quantitative estimate of drug-likeness (QED) is 0.583. The third-order valence-corrected chi connectivity index (χ3v) is 5.46. The molecule has 2 fully saturated rings. The molecule has 0 N–H and O–H groups in total. The number of hydrogen-bond acceptors (Lipinski definition) is 4. The van der Waals surface area contributed by atoms with Gasteiger partial charge in [0.05, 0.1) is 4.92 Å². The third-order valence-electron chi connectivity index (χ3n) is 5.46. The lowest BCUT2D eigenvalue weighted by atomic mass is 9.62. The summed E-state index contributed by atoms with van der Waals surface area (Å²) in [6, 6.07) is 5.54. The van der Waals surface area contributed by atoms with Crippen LogP contribution >= 0.6 is 0 Å². The third kappa shape index (κ3) is 1.41. The molecule has 1 aliphatic carbocycles. The zero-order chi connectivity index (χ0) is 13.9. The number of ether oxygens (including phenoxy) is 1. The molecule has 1 aromatic rings. The van der Waals surface area contributed by atoms with E-state index in [9.17, 15) is 10.1 Å². The number of likely N-dealkylation sites (N-methyl/N-ethyl adjacent to an activating group) is 1. The van der Waals surface area contributed by atoms with E-state index in [2.05, 4.69) is 11.9 Å². The minimum absolute atomic E-state index is 0.0107. The molecule has 106 valence electrons. The number of non-ortho nitro benzene ring substituents is 1. The number of fused-ring (bicyclic) bond motifs is 1. The second kappa shape index (κ2) is 3.95. The summed E-state index contributed by atoms with van der Waals surface area (Å²) in [5.41, 5.74) is 1.27. The van der Waals surface area contributed by atoms with Gasteiger partial charge in [0, 0.05) is 29.2 Å². The Morgan fingerprint density at radius 1 is 1.45 bits per heavy atom. The molecular weight excluding hydrogens is 256 g/mol. The van der Waals surface area contributed by atoms with Crippen LogP contribution in [0.15, 0.2) is 18.2 Å². The lowest BCUT2D eigenvalue weighted by Gasteiger charge is -2.51. The fourth-order valence-corrected chi connectivity index (χ4v) is 4.42. The lowest BCUT2D eigenvalue weighted by Crippen LogP contribution is -2.60. The van der Waals surface area contributed by atoms with Gasteiger partial charge in [0.2, 0.25) is 0 Å². The van der Waals surface area contributed by atoms with Crippen molar-refractivity contribution in [2.75, 3.05) is 13.6 Å². The first kappa shape index (κ1) is 12.1. The van der Waals surface area contributed by atoms with E-state index >= 15 is 0 Å². The molecule has 0 aromatic heterocycles. The van der Waals surface area contributed by atoms with Gasteiger partial charge < -0.3 is 4.74 Å². The second-order valence-corrected chi connectivity index (χ2v) is 6.32. The van der Waals surface area contributed by atoms with Gasteiger partial charge in [-0.25, -0.2) is 0 Å². The van der Waals surface area contributed by atoms with Gasteiger partial charge in [0.25, 0.3) is 5.69 Å². The Bertz CT molecular complexity index is 588. The van der Waals surface area contributed by atoms with Crippen LogP contribution in [0.25, 0.3) is 0 Å². The molecule has 2 bridgehead atoms. The molecule has 1 aromatic carbocycles. The molecule has 2 aliphatic heterocycles. The van der Waals surface area contributed by atoms with Gasteiger partial charge in [-0.3, -0.25) is 15.0 Å². The van der Waals surface area contributed by atoms with Crippen molar-refractivity contribution in [2.24, 2.45) is 0 Å². The molecule has 1 saturated heterocycles. The summed E-state index contributed by atoms with van der Waals surface area (Å²) in [6.07, 6.45) is 4.65. The highest BCUT2D eigenvalue weighted by Gasteiger charge is 2.57. The predicted molar refractivity (Wildman–Crippen MR) is 74.1 cm³/mol. The lowest BCUT2D eigenvalue weighted by molar-refractivity contribution is -0.385. The molecule has 0 radical (unpaired) electrons. The van der Waals surface area contributed by atoms with Crippen LogP contribution < -0.4 is 4.74 Å². The van der Waals surface area contributed by atoms with Gasteiger partial charge in [-0.05, 0) is 38.9 Å².